The first-order valence-corrected chi connectivity index (χ1v) is 6.45. The maximum Gasteiger partial charge on any atom is 0.239 e. The number of nitrogens with one attached hydrogen (secondary N) is 2. The molecule has 2 N–H and O–H groups in total. The number of hydrogen-bond acceptors (Lipinski definition) is 3. The predicted molar refractivity (Wildman–Crippen MR) is 72.5 cm³/mol. The molecule has 1 aromatic carbocycles. The molecule has 0 aliphatic carbocycles. The average molecular weight is 261 g/mol. The molecule has 19 heavy (non-hydrogen) atoms. The monoisotopic (exact) mass is 261 g/mol. The van der Waals surface area contributed by atoms with Gasteiger partial charge in [-0.1, -0.05) is 24.3 Å². The van der Waals surface area contributed by atoms with E-state index in [4.69, 9.17) is 0 Å². The maximum atomic E-state index is 11.7. The molecule has 102 valence electrons. The summed E-state index contributed by atoms with van der Waals surface area (Å²) in [7, 11) is 1.55. The van der Waals surface area contributed by atoms with Crippen LogP contribution in [0, 0.1) is 0 Å². The van der Waals surface area contributed by atoms with Crippen molar-refractivity contribution in [2.45, 2.75) is 13.0 Å². The fraction of sp³-hybridized carbons (Fsp3) is 0.429. The van der Waals surface area contributed by atoms with Crippen LogP contribution >= 0.6 is 0 Å². The first-order chi connectivity index (χ1) is 9.19. The summed E-state index contributed by atoms with van der Waals surface area (Å²) >= 11 is 0. The van der Waals surface area contributed by atoms with Gasteiger partial charge in [-0.15, -0.1) is 0 Å². The predicted octanol–water partition coefficient (Wildman–Crippen LogP) is -0.0931. The minimum absolute atomic E-state index is 0.0414. The van der Waals surface area contributed by atoms with Crippen molar-refractivity contribution in [3.05, 3.63) is 35.4 Å². The second-order valence-electron chi connectivity index (χ2n) is 4.68. The van der Waals surface area contributed by atoms with Gasteiger partial charge in [0.25, 0.3) is 0 Å². The zero-order valence-corrected chi connectivity index (χ0v) is 11.1. The Morgan fingerprint density at radius 3 is 2.68 bits per heavy atom. The Hall–Kier alpha value is -1.88. The molecule has 0 saturated carbocycles. The summed E-state index contributed by atoms with van der Waals surface area (Å²) in [6.07, 6.45) is 0.971. The highest BCUT2D eigenvalue weighted by Gasteiger charge is 2.17. The van der Waals surface area contributed by atoms with Crippen LogP contribution in [0.3, 0.4) is 0 Å². The summed E-state index contributed by atoms with van der Waals surface area (Å²) in [5.74, 6) is -0.291. The van der Waals surface area contributed by atoms with Gasteiger partial charge in [-0.05, 0) is 17.5 Å². The minimum Gasteiger partial charge on any atom is -0.358 e. The second-order valence-corrected chi connectivity index (χ2v) is 4.68. The number of fused-ring (bicyclic) bond motifs is 1. The van der Waals surface area contributed by atoms with Gasteiger partial charge in [0.05, 0.1) is 13.1 Å². The smallest absolute Gasteiger partial charge is 0.239 e. The van der Waals surface area contributed by atoms with Gasteiger partial charge in [0.1, 0.15) is 0 Å². The van der Waals surface area contributed by atoms with Gasteiger partial charge >= 0.3 is 0 Å². The quantitative estimate of drug-likeness (QED) is 0.796. The van der Waals surface area contributed by atoms with Crippen LogP contribution < -0.4 is 10.6 Å². The topological polar surface area (TPSA) is 61.4 Å². The normalized spacial score (nSPS) is 14.6. The van der Waals surface area contributed by atoms with E-state index in [1.165, 1.54) is 11.1 Å². The summed E-state index contributed by atoms with van der Waals surface area (Å²) < 4.78 is 0. The van der Waals surface area contributed by atoms with Crippen molar-refractivity contribution < 1.29 is 9.59 Å². The number of nitrogens with zero attached hydrogens (tertiary/aromatic N) is 1. The first kappa shape index (κ1) is 13.5. The van der Waals surface area contributed by atoms with Crippen molar-refractivity contribution in [3.63, 3.8) is 0 Å². The summed E-state index contributed by atoms with van der Waals surface area (Å²) in [6.45, 7) is 2.05. The third kappa shape index (κ3) is 3.79. The van der Waals surface area contributed by atoms with Gasteiger partial charge < -0.3 is 10.6 Å². The van der Waals surface area contributed by atoms with Crippen LogP contribution in [0.25, 0.3) is 0 Å². The van der Waals surface area contributed by atoms with Gasteiger partial charge in [0, 0.05) is 20.1 Å². The van der Waals surface area contributed by atoms with Gasteiger partial charge in [-0.2, -0.15) is 0 Å². The molecule has 5 nitrogen and oxygen atoms in total. The molecule has 0 atom stereocenters. The molecule has 0 bridgehead atoms. The van der Waals surface area contributed by atoms with E-state index in [0.717, 1.165) is 19.5 Å². The molecule has 0 aromatic heterocycles. The number of likely N-dealkylation sites (N-methyl/N-ethyl adjacent to an activating group) is 1. The number of benzene rings is 1. The molecule has 0 spiro atoms. The highest BCUT2D eigenvalue weighted by atomic mass is 16.2. The van der Waals surface area contributed by atoms with Crippen molar-refractivity contribution in [3.8, 4) is 0 Å². The van der Waals surface area contributed by atoms with Crippen LogP contribution in [-0.2, 0) is 22.6 Å². The minimum atomic E-state index is -0.183. The molecule has 2 rings (SSSR count). The van der Waals surface area contributed by atoms with Crippen LogP contribution in [0.5, 0.6) is 0 Å². The number of rotatable bonds is 4. The van der Waals surface area contributed by atoms with Gasteiger partial charge in [-0.25, -0.2) is 0 Å². The number of carbonyl (C=O) groups excluding carboxylic acids is 2. The Kier molecular flexibility index (Phi) is 4.52. The van der Waals surface area contributed by atoms with Crippen molar-refractivity contribution >= 4 is 11.8 Å². The van der Waals surface area contributed by atoms with Gasteiger partial charge in [0.2, 0.25) is 11.8 Å². The number of amides is 2. The van der Waals surface area contributed by atoms with E-state index in [9.17, 15) is 9.59 Å². The summed E-state index contributed by atoms with van der Waals surface area (Å²) in [5.41, 5.74) is 2.65. The molecule has 2 amide bonds. The lowest BCUT2D eigenvalue weighted by molar-refractivity contribution is -0.126. The van der Waals surface area contributed by atoms with Crippen LogP contribution in [-0.4, -0.2) is 43.4 Å². The zero-order chi connectivity index (χ0) is 13.7. The Morgan fingerprint density at radius 1 is 1.21 bits per heavy atom. The van der Waals surface area contributed by atoms with E-state index in [2.05, 4.69) is 27.7 Å². The van der Waals surface area contributed by atoms with Crippen molar-refractivity contribution in [2.75, 3.05) is 26.7 Å². The average Bonchev–Trinajstić information content (AvgIpc) is 2.44. The maximum absolute atomic E-state index is 11.7. The van der Waals surface area contributed by atoms with Crippen molar-refractivity contribution in [1.82, 2.24) is 15.5 Å². The fourth-order valence-electron chi connectivity index (χ4n) is 2.22. The Balaban J connectivity index is 1.82. The molecule has 1 heterocycles. The fourth-order valence-corrected chi connectivity index (χ4v) is 2.22. The zero-order valence-electron chi connectivity index (χ0n) is 11.1. The Morgan fingerprint density at radius 2 is 1.95 bits per heavy atom. The lowest BCUT2D eigenvalue weighted by atomic mass is 10.00. The van der Waals surface area contributed by atoms with Gasteiger partial charge in [0.15, 0.2) is 0 Å². The molecule has 0 unspecified atom stereocenters. The van der Waals surface area contributed by atoms with Crippen LogP contribution in [0.15, 0.2) is 24.3 Å². The van der Waals surface area contributed by atoms with E-state index in [-0.39, 0.29) is 18.4 Å². The lowest BCUT2D eigenvalue weighted by Gasteiger charge is -2.27. The molecule has 1 aliphatic rings. The van der Waals surface area contributed by atoms with Crippen LogP contribution in [0.4, 0.5) is 0 Å². The highest BCUT2D eigenvalue weighted by molar-refractivity contribution is 5.85. The molecule has 1 aliphatic heterocycles. The summed E-state index contributed by atoms with van der Waals surface area (Å²) in [4.78, 5) is 24.8. The largest absolute Gasteiger partial charge is 0.358 e. The Bertz CT molecular complexity index is 474. The number of carbonyl (C=O) groups is 2. The Labute approximate surface area is 113 Å². The van der Waals surface area contributed by atoms with E-state index in [1.807, 2.05) is 12.1 Å². The SMILES string of the molecule is CNC(=O)CNC(=O)CN1CCc2ccccc2C1. The lowest BCUT2D eigenvalue weighted by Crippen LogP contribution is -2.42. The van der Waals surface area contributed by atoms with Crippen molar-refractivity contribution in [2.24, 2.45) is 0 Å². The van der Waals surface area contributed by atoms with Crippen molar-refractivity contribution in [1.29, 1.82) is 0 Å². The van der Waals surface area contributed by atoms with E-state index in [1.54, 1.807) is 7.05 Å². The number of hydrogen-bond donors (Lipinski definition) is 2. The van der Waals surface area contributed by atoms with E-state index in [0.29, 0.717) is 6.54 Å². The highest BCUT2D eigenvalue weighted by Crippen LogP contribution is 2.17. The summed E-state index contributed by atoms with van der Waals surface area (Å²) in [6, 6.07) is 8.31. The summed E-state index contributed by atoms with van der Waals surface area (Å²) in [5, 5.41) is 5.08. The molecule has 0 saturated heterocycles. The van der Waals surface area contributed by atoms with E-state index < -0.39 is 0 Å². The molecule has 0 radical (unpaired) electrons. The third-order valence-corrected chi connectivity index (χ3v) is 3.30. The van der Waals surface area contributed by atoms with Gasteiger partial charge in [-0.3, -0.25) is 14.5 Å². The van der Waals surface area contributed by atoms with Crippen LogP contribution in [0.2, 0.25) is 0 Å². The van der Waals surface area contributed by atoms with E-state index >= 15 is 0 Å². The molecule has 1 aromatic rings. The standard InChI is InChI=1S/C14H19N3O2/c1-15-13(18)8-16-14(19)10-17-7-6-11-4-2-3-5-12(11)9-17/h2-5H,6-10H2,1H3,(H,15,18)(H,16,19). The molecular formula is C14H19N3O2. The first-order valence-electron chi connectivity index (χ1n) is 6.45. The molecule has 5 heteroatoms. The van der Waals surface area contributed by atoms with Crippen LogP contribution in [0.1, 0.15) is 11.1 Å². The third-order valence-electron chi connectivity index (χ3n) is 3.30. The molecular weight excluding hydrogens is 242 g/mol. The molecule has 0 fully saturated rings. The second kappa shape index (κ2) is 6.33.